The molecule has 5 heteroatoms. The van der Waals surface area contributed by atoms with E-state index in [1.165, 1.54) is 0 Å². The molecule has 0 aromatic heterocycles. The Kier molecular flexibility index (Phi) is 5.79. The highest BCUT2D eigenvalue weighted by Gasteiger charge is 2.24. The summed E-state index contributed by atoms with van der Waals surface area (Å²) in [6.07, 6.45) is 3.23. The van der Waals surface area contributed by atoms with Gasteiger partial charge < -0.3 is 10.0 Å². The monoisotopic (exact) mass is 353 g/mol. The lowest BCUT2D eigenvalue weighted by Gasteiger charge is -2.32. The van der Waals surface area contributed by atoms with Crippen molar-refractivity contribution in [3.63, 3.8) is 0 Å². The van der Waals surface area contributed by atoms with Gasteiger partial charge in [0.05, 0.1) is 6.42 Å². The van der Waals surface area contributed by atoms with Crippen LogP contribution in [-0.4, -0.2) is 35.0 Å². The Hall–Kier alpha value is -1.36. The molecule has 21 heavy (non-hydrogen) atoms. The van der Waals surface area contributed by atoms with Gasteiger partial charge in [-0.25, -0.2) is 0 Å². The van der Waals surface area contributed by atoms with E-state index in [1.807, 2.05) is 29.2 Å². The van der Waals surface area contributed by atoms with Crippen LogP contribution in [0.2, 0.25) is 0 Å². The Balaban J connectivity index is 1.90. The molecule has 1 amide bonds. The van der Waals surface area contributed by atoms with Crippen molar-refractivity contribution in [3.8, 4) is 0 Å². The van der Waals surface area contributed by atoms with Crippen LogP contribution in [0.1, 0.15) is 31.2 Å². The molecule has 1 saturated heterocycles. The zero-order chi connectivity index (χ0) is 15.2. The predicted molar refractivity (Wildman–Crippen MR) is 84.0 cm³/mol. The van der Waals surface area contributed by atoms with E-state index in [9.17, 15) is 9.59 Å². The van der Waals surface area contributed by atoms with E-state index < -0.39 is 5.97 Å². The number of amides is 1. The summed E-state index contributed by atoms with van der Waals surface area (Å²) in [5.41, 5.74) is 0.996. The molecule has 1 atom stereocenters. The van der Waals surface area contributed by atoms with Crippen LogP contribution in [0.25, 0.3) is 0 Å². The van der Waals surface area contributed by atoms with Crippen LogP contribution in [0, 0.1) is 5.92 Å². The largest absolute Gasteiger partial charge is 0.481 e. The van der Waals surface area contributed by atoms with Crippen molar-refractivity contribution in [1.29, 1.82) is 0 Å². The van der Waals surface area contributed by atoms with E-state index in [2.05, 4.69) is 15.9 Å². The number of likely N-dealkylation sites (tertiary alicyclic amines) is 1. The highest BCUT2D eigenvalue weighted by Crippen LogP contribution is 2.23. The molecular formula is C16H20BrNO3. The topological polar surface area (TPSA) is 57.6 Å². The number of halogens is 1. The summed E-state index contributed by atoms with van der Waals surface area (Å²) in [4.78, 5) is 24.9. The minimum absolute atomic E-state index is 0.127. The number of hydrogen-bond donors (Lipinski definition) is 1. The third-order valence-corrected chi connectivity index (χ3v) is 4.71. The maximum atomic E-state index is 12.4. The van der Waals surface area contributed by atoms with Crippen molar-refractivity contribution >= 4 is 27.8 Å². The molecule has 0 unspecified atom stereocenters. The van der Waals surface area contributed by atoms with Crippen LogP contribution >= 0.6 is 15.9 Å². The van der Waals surface area contributed by atoms with Gasteiger partial charge in [0.1, 0.15) is 0 Å². The number of hydrogen-bond acceptors (Lipinski definition) is 2. The lowest BCUT2D eigenvalue weighted by Crippen LogP contribution is -2.40. The molecule has 0 spiro atoms. The van der Waals surface area contributed by atoms with Crippen molar-refractivity contribution in [2.45, 2.75) is 32.1 Å². The number of rotatable bonds is 5. The van der Waals surface area contributed by atoms with E-state index in [4.69, 9.17) is 5.11 Å². The number of carbonyl (C=O) groups is 2. The fourth-order valence-corrected chi connectivity index (χ4v) is 3.20. The van der Waals surface area contributed by atoms with Gasteiger partial charge in [0.2, 0.25) is 5.91 Å². The fourth-order valence-electron chi connectivity index (χ4n) is 2.77. The van der Waals surface area contributed by atoms with Gasteiger partial charge >= 0.3 is 5.97 Å². The van der Waals surface area contributed by atoms with Gasteiger partial charge in [-0.15, -0.1) is 0 Å². The van der Waals surface area contributed by atoms with Crippen molar-refractivity contribution < 1.29 is 14.7 Å². The lowest BCUT2D eigenvalue weighted by molar-refractivity contribution is -0.137. The molecule has 1 N–H and O–H groups in total. The van der Waals surface area contributed by atoms with Gasteiger partial charge in [0, 0.05) is 24.0 Å². The Morgan fingerprint density at radius 1 is 1.33 bits per heavy atom. The van der Waals surface area contributed by atoms with E-state index in [-0.39, 0.29) is 12.3 Å². The summed E-state index contributed by atoms with van der Waals surface area (Å²) in [5.74, 6) is -0.313. The number of carboxylic acids is 1. The van der Waals surface area contributed by atoms with E-state index >= 15 is 0 Å². The predicted octanol–water partition coefficient (Wildman–Crippen LogP) is 3.10. The standard InChI is InChI=1S/C16H20BrNO3/c17-14-6-2-1-5-13(14)10-15(19)18-9-3-4-12(11-18)7-8-16(20)21/h1-2,5-6,12H,3-4,7-11H2,(H,20,21)/t12-/m1/s1. The van der Waals surface area contributed by atoms with Crippen LogP contribution in [0.15, 0.2) is 28.7 Å². The molecule has 1 aliphatic rings. The first-order valence-electron chi connectivity index (χ1n) is 7.29. The average Bonchev–Trinajstić information content (AvgIpc) is 2.48. The molecule has 0 aliphatic carbocycles. The number of carboxylic acid groups (broad SMARTS) is 1. The van der Waals surface area contributed by atoms with Crippen LogP contribution in [0.4, 0.5) is 0 Å². The third kappa shape index (κ3) is 4.84. The summed E-state index contributed by atoms with van der Waals surface area (Å²) in [6, 6.07) is 7.75. The third-order valence-electron chi connectivity index (χ3n) is 3.94. The number of aliphatic carboxylic acids is 1. The van der Waals surface area contributed by atoms with Gasteiger partial charge in [0.15, 0.2) is 0 Å². The average molecular weight is 354 g/mol. The number of benzene rings is 1. The molecule has 4 nitrogen and oxygen atoms in total. The molecule has 1 aromatic rings. The Morgan fingerprint density at radius 2 is 2.10 bits per heavy atom. The molecular weight excluding hydrogens is 334 g/mol. The molecule has 0 radical (unpaired) electrons. The SMILES string of the molecule is O=C(O)CC[C@H]1CCCN(C(=O)Cc2ccccc2Br)C1. The van der Waals surface area contributed by atoms with Crippen molar-refractivity contribution in [3.05, 3.63) is 34.3 Å². The van der Waals surface area contributed by atoms with Crippen LogP contribution in [0.5, 0.6) is 0 Å². The van der Waals surface area contributed by atoms with E-state index in [0.29, 0.717) is 25.3 Å². The van der Waals surface area contributed by atoms with Gasteiger partial charge in [-0.3, -0.25) is 9.59 Å². The normalized spacial score (nSPS) is 18.5. The Labute approximate surface area is 133 Å². The first-order valence-corrected chi connectivity index (χ1v) is 8.08. The van der Waals surface area contributed by atoms with Crippen molar-refractivity contribution in [2.75, 3.05) is 13.1 Å². The minimum Gasteiger partial charge on any atom is -0.481 e. The van der Waals surface area contributed by atoms with Crippen molar-refractivity contribution in [2.24, 2.45) is 5.92 Å². The zero-order valence-corrected chi connectivity index (χ0v) is 13.5. The van der Waals surface area contributed by atoms with Crippen LogP contribution in [0.3, 0.4) is 0 Å². The summed E-state index contributed by atoms with van der Waals surface area (Å²) < 4.78 is 0.956. The number of nitrogens with zero attached hydrogens (tertiary/aromatic N) is 1. The first kappa shape index (κ1) is 16.0. The lowest BCUT2D eigenvalue weighted by atomic mass is 9.93. The minimum atomic E-state index is -0.758. The summed E-state index contributed by atoms with van der Waals surface area (Å²) in [5, 5.41) is 8.76. The molecule has 114 valence electrons. The molecule has 0 bridgehead atoms. The van der Waals surface area contributed by atoms with Gasteiger partial charge in [-0.2, -0.15) is 0 Å². The second kappa shape index (κ2) is 7.59. The van der Waals surface area contributed by atoms with E-state index in [1.54, 1.807) is 0 Å². The molecule has 1 aliphatic heterocycles. The van der Waals surface area contributed by atoms with Crippen molar-refractivity contribution in [1.82, 2.24) is 4.90 Å². The summed E-state index contributed by atoms with van der Waals surface area (Å²) >= 11 is 3.47. The highest BCUT2D eigenvalue weighted by atomic mass is 79.9. The van der Waals surface area contributed by atoms with Crippen LogP contribution < -0.4 is 0 Å². The molecule has 1 fully saturated rings. The zero-order valence-electron chi connectivity index (χ0n) is 11.9. The molecule has 0 saturated carbocycles. The second-order valence-electron chi connectivity index (χ2n) is 5.55. The summed E-state index contributed by atoms with van der Waals surface area (Å²) in [6.45, 7) is 1.48. The fraction of sp³-hybridized carbons (Fsp3) is 0.500. The molecule has 1 heterocycles. The Morgan fingerprint density at radius 3 is 2.81 bits per heavy atom. The summed E-state index contributed by atoms with van der Waals surface area (Å²) in [7, 11) is 0. The van der Waals surface area contributed by atoms with E-state index in [0.717, 1.165) is 29.4 Å². The molecule has 2 rings (SSSR count). The molecule has 1 aromatic carbocycles. The Bertz CT molecular complexity index is 518. The highest BCUT2D eigenvalue weighted by molar-refractivity contribution is 9.10. The van der Waals surface area contributed by atoms with Gasteiger partial charge in [-0.1, -0.05) is 34.1 Å². The quantitative estimate of drug-likeness (QED) is 0.884. The maximum absolute atomic E-state index is 12.4. The second-order valence-corrected chi connectivity index (χ2v) is 6.40. The van der Waals surface area contributed by atoms with Gasteiger partial charge in [0.25, 0.3) is 0 Å². The number of carbonyl (C=O) groups excluding carboxylic acids is 1. The van der Waals surface area contributed by atoms with Crippen LogP contribution in [-0.2, 0) is 16.0 Å². The number of piperidine rings is 1. The first-order chi connectivity index (χ1) is 10.1. The van der Waals surface area contributed by atoms with Gasteiger partial charge in [-0.05, 0) is 36.8 Å². The smallest absolute Gasteiger partial charge is 0.303 e. The maximum Gasteiger partial charge on any atom is 0.303 e.